The molecule has 0 aromatic heterocycles. The van der Waals surface area contributed by atoms with Crippen LogP contribution in [0.15, 0.2) is 48.5 Å². The molecule has 0 saturated carbocycles. The molecule has 0 fully saturated rings. The number of rotatable bonds is 6. The van der Waals surface area contributed by atoms with Crippen molar-refractivity contribution in [2.45, 2.75) is 26.4 Å². The molecule has 130 valence electrons. The number of hydrogen-bond acceptors (Lipinski definition) is 3. The van der Waals surface area contributed by atoms with Crippen LogP contribution < -0.4 is 0 Å². The highest BCUT2D eigenvalue weighted by Gasteiger charge is 2.18. The Balaban J connectivity index is 2.01. The number of esters is 1. The number of benzene rings is 2. The second-order valence-corrected chi connectivity index (χ2v) is 5.87. The van der Waals surface area contributed by atoms with E-state index in [1.54, 1.807) is 12.1 Å². The van der Waals surface area contributed by atoms with E-state index in [9.17, 15) is 14.0 Å². The van der Waals surface area contributed by atoms with Crippen LogP contribution >= 0.6 is 11.6 Å². The molecule has 0 spiro atoms. The van der Waals surface area contributed by atoms with Crippen molar-refractivity contribution in [1.29, 1.82) is 0 Å². The molecule has 0 bridgehead atoms. The smallest absolute Gasteiger partial charge is 0.331 e. The minimum absolute atomic E-state index is 0.0928. The lowest BCUT2D eigenvalue weighted by Crippen LogP contribution is -2.23. The Morgan fingerprint density at radius 1 is 1.20 bits per heavy atom. The molecule has 0 unspecified atom stereocenters. The highest BCUT2D eigenvalue weighted by molar-refractivity contribution is 6.32. The van der Waals surface area contributed by atoms with Crippen LogP contribution in [-0.4, -0.2) is 17.9 Å². The van der Waals surface area contributed by atoms with Crippen LogP contribution in [0, 0.1) is 5.82 Å². The van der Waals surface area contributed by atoms with Gasteiger partial charge in [0.1, 0.15) is 5.82 Å². The third-order valence-electron chi connectivity index (χ3n) is 3.69. The lowest BCUT2D eigenvalue weighted by atomic mass is 10.0. The summed E-state index contributed by atoms with van der Waals surface area (Å²) < 4.78 is 18.7. The minimum Gasteiger partial charge on any atom is -0.451 e. The van der Waals surface area contributed by atoms with Gasteiger partial charge >= 0.3 is 5.97 Å². The van der Waals surface area contributed by atoms with Crippen LogP contribution in [-0.2, 0) is 16.0 Å². The van der Waals surface area contributed by atoms with Crippen molar-refractivity contribution in [2.24, 2.45) is 0 Å². The molecule has 0 aliphatic rings. The van der Waals surface area contributed by atoms with Gasteiger partial charge in [-0.25, -0.2) is 9.18 Å². The second-order valence-electron chi connectivity index (χ2n) is 5.46. The molecule has 25 heavy (non-hydrogen) atoms. The molecule has 1 atom stereocenters. The first-order valence-corrected chi connectivity index (χ1v) is 8.26. The predicted octanol–water partition coefficient (Wildman–Crippen LogP) is 4.87. The summed E-state index contributed by atoms with van der Waals surface area (Å²) in [7, 11) is 0. The number of aryl methyl sites for hydroxylation is 1. The van der Waals surface area contributed by atoms with E-state index in [2.05, 4.69) is 0 Å². The molecule has 0 saturated heterocycles. The number of halogens is 2. The van der Waals surface area contributed by atoms with Crippen molar-refractivity contribution in [1.82, 2.24) is 0 Å². The van der Waals surface area contributed by atoms with Gasteiger partial charge in [-0.2, -0.15) is 0 Å². The van der Waals surface area contributed by atoms with Crippen molar-refractivity contribution < 1.29 is 18.7 Å². The SMILES string of the molecule is CCc1ccc(C(=O)[C@H](C)OC(=O)/C=C/c2c(F)cccc2Cl)cc1. The normalized spacial score (nSPS) is 12.2. The molecule has 2 rings (SSSR count). The molecule has 0 N–H and O–H groups in total. The summed E-state index contributed by atoms with van der Waals surface area (Å²) in [6, 6.07) is 11.4. The molecule has 0 aliphatic carbocycles. The van der Waals surface area contributed by atoms with Crippen molar-refractivity contribution >= 4 is 29.4 Å². The zero-order valence-corrected chi connectivity index (χ0v) is 14.7. The van der Waals surface area contributed by atoms with Crippen molar-refractivity contribution in [3.05, 3.63) is 76.1 Å². The lowest BCUT2D eigenvalue weighted by Gasteiger charge is -2.11. The summed E-state index contributed by atoms with van der Waals surface area (Å²) >= 11 is 5.88. The monoisotopic (exact) mass is 360 g/mol. The van der Waals surface area contributed by atoms with Gasteiger partial charge in [-0.15, -0.1) is 0 Å². The first kappa shape index (κ1) is 18.9. The van der Waals surface area contributed by atoms with E-state index in [1.807, 2.05) is 19.1 Å². The third kappa shape index (κ3) is 5.00. The largest absolute Gasteiger partial charge is 0.451 e. The number of carbonyl (C=O) groups is 2. The van der Waals surface area contributed by atoms with E-state index in [0.29, 0.717) is 5.56 Å². The van der Waals surface area contributed by atoms with Crippen molar-refractivity contribution in [3.8, 4) is 0 Å². The Bertz CT molecular complexity index is 777. The fraction of sp³-hybridized carbons (Fsp3) is 0.200. The van der Waals surface area contributed by atoms with Gasteiger partial charge in [0.25, 0.3) is 0 Å². The Hall–Kier alpha value is -2.46. The van der Waals surface area contributed by atoms with E-state index < -0.39 is 17.9 Å². The van der Waals surface area contributed by atoms with Crippen LogP contribution in [0.25, 0.3) is 6.08 Å². The first-order valence-electron chi connectivity index (χ1n) is 7.88. The summed E-state index contributed by atoms with van der Waals surface area (Å²) in [6.07, 6.45) is 2.21. The summed E-state index contributed by atoms with van der Waals surface area (Å²) in [4.78, 5) is 24.1. The van der Waals surface area contributed by atoms with E-state index in [-0.39, 0.29) is 16.4 Å². The minimum atomic E-state index is -0.944. The predicted molar refractivity (Wildman–Crippen MR) is 96.1 cm³/mol. The summed E-state index contributed by atoms with van der Waals surface area (Å²) in [6.45, 7) is 3.52. The van der Waals surface area contributed by atoms with Gasteiger partial charge in [0.2, 0.25) is 5.78 Å². The summed E-state index contributed by atoms with van der Waals surface area (Å²) in [5, 5.41) is 0.184. The zero-order valence-electron chi connectivity index (χ0n) is 14.0. The fourth-order valence-electron chi connectivity index (χ4n) is 2.23. The second kappa shape index (κ2) is 8.58. The van der Waals surface area contributed by atoms with Gasteiger partial charge in [-0.3, -0.25) is 4.79 Å². The van der Waals surface area contributed by atoms with Crippen LogP contribution in [0.5, 0.6) is 0 Å². The van der Waals surface area contributed by atoms with Crippen molar-refractivity contribution in [2.75, 3.05) is 0 Å². The molecule has 5 heteroatoms. The Morgan fingerprint density at radius 2 is 1.88 bits per heavy atom. The lowest BCUT2D eigenvalue weighted by molar-refractivity contribution is -0.140. The number of hydrogen-bond donors (Lipinski definition) is 0. The van der Waals surface area contributed by atoms with E-state index in [1.165, 1.54) is 31.2 Å². The maximum atomic E-state index is 13.6. The number of Topliss-reactive ketones (excluding diaryl/α,β-unsaturated/α-hetero) is 1. The molecular weight excluding hydrogens is 343 g/mol. The zero-order chi connectivity index (χ0) is 18.4. The van der Waals surface area contributed by atoms with Gasteiger partial charge in [0.05, 0.1) is 5.02 Å². The standard InChI is InChI=1S/C20H18ClFO3/c1-3-14-7-9-15(10-8-14)20(24)13(2)25-19(23)12-11-16-17(21)5-4-6-18(16)22/h4-13H,3H2,1-2H3/b12-11+/t13-/m0/s1. The Morgan fingerprint density at radius 3 is 2.48 bits per heavy atom. The van der Waals surface area contributed by atoms with Crippen LogP contribution in [0.2, 0.25) is 5.02 Å². The molecule has 0 aliphatic heterocycles. The van der Waals surface area contributed by atoms with Crippen LogP contribution in [0.4, 0.5) is 4.39 Å². The van der Waals surface area contributed by atoms with Gasteiger partial charge in [-0.05, 0) is 37.1 Å². The Kier molecular flexibility index (Phi) is 6.48. The van der Waals surface area contributed by atoms with Gasteiger partial charge in [0.15, 0.2) is 6.10 Å². The molecule has 0 amide bonds. The molecular formula is C20H18ClFO3. The molecule has 3 nitrogen and oxygen atoms in total. The average molecular weight is 361 g/mol. The highest BCUT2D eigenvalue weighted by Crippen LogP contribution is 2.20. The molecule has 2 aromatic rings. The maximum Gasteiger partial charge on any atom is 0.331 e. The van der Waals surface area contributed by atoms with Crippen LogP contribution in [0.3, 0.4) is 0 Å². The van der Waals surface area contributed by atoms with Crippen LogP contribution in [0.1, 0.15) is 35.3 Å². The molecule has 2 aromatic carbocycles. The highest BCUT2D eigenvalue weighted by atomic mass is 35.5. The van der Waals surface area contributed by atoms with E-state index >= 15 is 0 Å². The fourth-order valence-corrected chi connectivity index (χ4v) is 2.45. The first-order chi connectivity index (χ1) is 11.9. The Labute approximate surface area is 151 Å². The topological polar surface area (TPSA) is 43.4 Å². The molecule has 0 heterocycles. The number of carbonyl (C=O) groups excluding carboxylic acids is 2. The number of ether oxygens (including phenoxy) is 1. The summed E-state index contributed by atoms with van der Waals surface area (Å²) in [5.74, 6) is -1.59. The number of ketones is 1. The summed E-state index contributed by atoms with van der Waals surface area (Å²) in [5.41, 5.74) is 1.68. The van der Waals surface area contributed by atoms with Crippen molar-refractivity contribution in [3.63, 3.8) is 0 Å². The average Bonchev–Trinajstić information content (AvgIpc) is 2.60. The quantitative estimate of drug-likeness (QED) is 0.419. The molecule has 0 radical (unpaired) electrons. The van der Waals surface area contributed by atoms with E-state index in [4.69, 9.17) is 16.3 Å². The third-order valence-corrected chi connectivity index (χ3v) is 4.02. The maximum absolute atomic E-state index is 13.6. The van der Waals surface area contributed by atoms with Gasteiger partial charge in [-0.1, -0.05) is 48.9 Å². The van der Waals surface area contributed by atoms with Gasteiger partial charge in [0, 0.05) is 17.2 Å². The van der Waals surface area contributed by atoms with E-state index in [0.717, 1.165) is 18.1 Å². The van der Waals surface area contributed by atoms with Gasteiger partial charge < -0.3 is 4.74 Å².